The summed E-state index contributed by atoms with van der Waals surface area (Å²) in [6.45, 7) is 5.94. The molecule has 1 saturated heterocycles. The van der Waals surface area contributed by atoms with E-state index in [1.165, 1.54) is 11.4 Å². The van der Waals surface area contributed by atoms with Crippen LogP contribution in [0.2, 0.25) is 0 Å². The molecule has 0 spiro atoms. The van der Waals surface area contributed by atoms with Crippen LogP contribution in [0.4, 0.5) is 0 Å². The number of thiophene rings is 1. The standard InChI is InChI=1S/C13H20N2O4S2/c1-9(2)15-6-3-10(4-7-15)14-21(18,19)11-5-8-20-12(11)13(16)17/h5,8-10,14H,3-4,6-7H2,1-2H3,(H,16,17). The quantitative estimate of drug-likeness (QED) is 0.855. The average Bonchev–Trinajstić information content (AvgIpc) is 2.89. The largest absolute Gasteiger partial charge is 0.477 e. The molecule has 1 aromatic rings. The second kappa shape index (κ2) is 6.43. The molecule has 0 radical (unpaired) electrons. The molecule has 0 atom stereocenters. The number of sulfonamides is 1. The highest BCUT2D eigenvalue weighted by Crippen LogP contribution is 2.23. The third kappa shape index (κ3) is 3.82. The highest BCUT2D eigenvalue weighted by Gasteiger charge is 2.28. The van der Waals surface area contributed by atoms with Crippen molar-refractivity contribution in [1.29, 1.82) is 0 Å². The minimum absolute atomic E-state index is 0.133. The van der Waals surface area contributed by atoms with Gasteiger partial charge in [-0.1, -0.05) is 0 Å². The predicted molar refractivity (Wildman–Crippen MR) is 81.3 cm³/mol. The van der Waals surface area contributed by atoms with Crippen molar-refractivity contribution in [1.82, 2.24) is 9.62 Å². The summed E-state index contributed by atoms with van der Waals surface area (Å²) < 4.78 is 27.3. The van der Waals surface area contributed by atoms with Gasteiger partial charge in [-0.25, -0.2) is 17.9 Å². The lowest BCUT2D eigenvalue weighted by molar-refractivity contribution is 0.0698. The lowest BCUT2D eigenvalue weighted by Crippen LogP contribution is -2.46. The van der Waals surface area contributed by atoms with Crippen molar-refractivity contribution in [3.05, 3.63) is 16.3 Å². The third-order valence-corrected chi connectivity index (χ3v) is 6.29. The molecule has 0 saturated carbocycles. The van der Waals surface area contributed by atoms with Crippen molar-refractivity contribution >= 4 is 27.3 Å². The molecule has 0 bridgehead atoms. The zero-order valence-corrected chi connectivity index (χ0v) is 13.7. The number of piperidine rings is 1. The highest BCUT2D eigenvalue weighted by molar-refractivity contribution is 7.89. The Morgan fingerprint density at radius 3 is 2.57 bits per heavy atom. The summed E-state index contributed by atoms with van der Waals surface area (Å²) in [5.74, 6) is -1.21. The van der Waals surface area contributed by atoms with Gasteiger partial charge in [-0.15, -0.1) is 11.3 Å². The molecule has 2 heterocycles. The first-order valence-electron chi connectivity index (χ1n) is 6.88. The van der Waals surface area contributed by atoms with Gasteiger partial charge in [0.25, 0.3) is 0 Å². The molecule has 0 unspecified atom stereocenters. The number of rotatable bonds is 5. The Balaban J connectivity index is 2.06. The number of carboxylic acid groups (broad SMARTS) is 1. The van der Waals surface area contributed by atoms with Crippen LogP contribution in [-0.2, 0) is 10.0 Å². The topological polar surface area (TPSA) is 86.7 Å². The fraction of sp³-hybridized carbons (Fsp3) is 0.615. The van der Waals surface area contributed by atoms with E-state index in [0.717, 1.165) is 37.3 Å². The lowest BCUT2D eigenvalue weighted by atomic mass is 10.1. The van der Waals surface area contributed by atoms with Crippen LogP contribution >= 0.6 is 11.3 Å². The maximum Gasteiger partial charge on any atom is 0.347 e. The molecule has 1 aromatic heterocycles. The van der Waals surface area contributed by atoms with Gasteiger partial charge in [-0.2, -0.15) is 0 Å². The molecule has 1 fully saturated rings. The van der Waals surface area contributed by atoms with Crippen LogP contribution < -0.4 is 4.72 Å². The van der Waals surface area contributed by atoms with Gasteiger partial charge in [0.1, 0.15) is 9.77 Å². The monoisotopic (exact) mass is 332 g/mol. The van der Waals surface area contributed by atoms with Crippen LogP contribution in [0.1, 0.15) is 36.4 Å². The van der Waals surface area contributed by atoms with E-state index in [-0.39, 0.29) is 15.8 Å². The van der Waals surface area contributed by atoms with Crippen LogP contribution in [0.15, 0.2) is 16.3 Å². The van der Waals surface area contributed by atoms with E-state index < -0.39 is 16.0 Å². The molecule has 0 aliphatic carbocycles. The van der Waals surface area contributed by atoms with Gasteiger partial charge in [0.2, 0.25) is 10.0 Å². The zero-order valence-electron chi connectivity index (χ0n) is 12.1. The van der Waals surface area contributed by atoms with Crippen LogP contribution in [0.25, 0.3) is 0 Å². The number of hydrogen-bond donors (Lipinski definition) is 2. The Morgan fingerprint density at radius 2 is 2.05 bits per heavy atom. The van der Waals surface area contributed by atoms with E-state index in [4.69, 9.17) is 5.11 Å². The number of aromatic carboxylic acids is 1. The number of hydrogen-bond acceptors (Lipinski definition) is 5. The fourth-order valence-electron chi connectivity index (χ4n) is 2.48. The van der Waals surface area contributed by atoms with Crippen molar-refractivity contribution in [2.45, 2.75) is 43.7 Å². The molecule has 6 nitrogen and oxygen atoms in total. The van der Waals surface area contributed by atoms with E-state index in [9.17, 15) is 13.2 Å². The Morgan fingerprint density at radius 1 is 1.43 bits per heavy atom. The van der Waals surface area contributed by atoms with E-state index in [0.29, 0.717) is 6.04 Å². The molecule has 2 rings (SSSR count). The third-order valence-electron chi connectivity index (χ3n) is 3.69. The van der Waals surface area contributed by atoms with Gasteiger partial charge in [0.05, 0.1) is 0 Å². The van der Waals surface area contributed by atoms with Gasteiger partial charge in [-0.05, 0) is 51.2 Å². The van der Waals surface area contributed by atoms with E-state index in [1.54, 1.807) is 0 Å². The normalized spacial score (nSPS) is 18.2. The average molecular weight is 332 g/mol. The van der Waals surface area contributed by atoms with Crippen LogP contribution in [0.3, 0.4) is 0 Å². The SMILES string of the molecule is CC(C)N1CCC(NS(=O)(=O)c2ccsc2C(=O)O)CC1. The predicted octanol–water partition coefficient (Wildman–Crippen LogP) is 1.60. The first-order chi connectivity index (χ1) is 9.81. The van der Waals surface area contributed by atoms with Crippen LogP contribution in [0, 0.1) is 0 Å². The molecule has 1 aliphatic heterocycles. The van der Waals surface area contributed by atoms with Crippen molar-refractivity contribution in [3.63, 3.8) is 0 Å². The molecule has 21 heavy (non-hydrogen) atoms. The van der Waals surface area contributed by atoms with E-state index >= 15 is 0 Å². The molecule has 1 aliphatic rings. The summed E-state index contributed by atoms with van der Waals surface area (Å²) in [6.07, 6.45) is 1.48. The second-order valence-corrected chi connectivity index (χ2v) is 8.04. The number of likely N-dealkylation sites (tertiary alicyclic amines) is 1. The van der Waals surface area contributed by atoms with Crippen molar-refractivity contribution in [2.24, 2.45) is 0 Å². The molecule has 118 valence electrons. The Labute approximate surface area is 128 Å². The van der Waals surface area contributed by atoms with Crippen LogP contribution in [0.5, 0.6) is 0 Å². The van der Waals surface area contributed by atoms with Crippen molar-refractivity contribution in [2.75, 3.05) is 13.1 Å². The van der Waals surface area contributed by atoms with Gasteiger partial charge in [0.15, 0.2) is 0 Å². The fourth-order valence-corrected chi connectivity index (χ4v) is 5.05. The zero-order chi connectivity index (χ0) is 15.6. The molecule has 0 aromatic carbocycles. The Kier molecular flexibility index (Phi) is 5.03. The minimum atomic E-state index is -3.77. The van der Waals surface area contributed by atoms with Gasteiger partial charge >= 0.3 is 5.97 Å². The van der Waals surface area contributed by atoms with Crippen molar-refractivity contribution in [3.8, 4) is 0 Å². The smallest absolute Gasteiger partial charge is 0.347 e. The Bertz CT molecular complexity index is 601. The van der Waals surface area contributed by atoms with Crippen molar-refractivity contribution < 1.29 is 18.3 Å². The molecular formula is C13H20N2O4S2. The summed E-state index contributed by atoms with van der Waals surface area (Å²) >= 11 is 0.924. The van der Waals surface area contributed by atoms with Gasteiger partial charge in [0, 0.05) is 12.1 Å². The summed E-state index contributed by atoms with van der Waals surface area (Å²) in [5, 5.41) is 10.5. The highest BCUT2D eigenvalue weighted by atomic mass is 32.2. The van der Waals surface area contributed by atoms with Crippen LogP contribution in [-0.4, -0.2) is 49.6 Å². The first-order valence-corrected chi connectivity index (χ1v) is 9.24. The number of carbonyl (C=O) groups is 1. The maximum atomic E-state index is 12.3. The first kappa shape index (κ1) is 16.4. The lowest BCUT2D eigenvalue weighted by Gasteiger charge is -2.34. The van der Waals surface area contributed by atoms with Gasteiger partial charge < -0.3 is 10.0 Å². The number of nitrogens with zero attached hydrogens (tertiary/aromatic N) is 1. The number of carboxylic acids is 1. The summed E-state index contributed by atoms with van der Waals surface area (Å²) in [5.41, 5.74) is 0. The maximum absolute atomic E-state index is 12.3. The van der Waals surface area contributed by atoms with E-state index in [2.05, 4.69) is 23.5 Å². The molecule has 2 N–H and O–H groups in total. The summed E-state index contributed by atoms with van der Waals surface area (Å²) in [6, 6.07) is 1.67. The Hall–Kier alpha value is -0.960. The van der Waals surface area contributed by atoms with E-state index in [1.807, 2.05) is 0 Å². The second-order valence-electron chi connectivity index (χ2n) is 5.44. The molecular weight excluding hydrogens is 312 g/mol. The summed E-state index contributed by atoms with van der Waals surface area (Å²) in [7, 11) is -3.77. The molecule has 0 amide bonds. The summed E-state index contributed by atoms with van der Waals surface area (Å²) in [4.78, 5) is 13.1. The minimum Gasteiger partial charge on any atom is -0.477 e. The van der Waals surface area contributed by atoms with Gasteiger partial charge in [-0.3, -0.25) is 0 Å². The molecule has 8 heteroatoms. The number of nitrogens with one attached hydrogen (secondary N) is 1.